The summed E-state index contributed by atoms with van der Waals surface area (Å²) in [4.78, 5) is 5.16. The minimum absolute atomic E-state index is 0.0680. The molecule has 1 N–H and O–H groups in total. The minimum atomic E-state index is -1.50. The van der Waals surface area contributed by atoms with Gasteiger partial charge in [-0.05, 0) is 38.8 Å². The van der Waals surface area contributed by atoms with Crippen LogP contribution in [0.1, 0.15) is 57.5 Å². The van der Waals surface area contributed by atoms with Crippen LogP contribution in [0.4, 0.5) is 13.2 Å². The van der Waals surface area contributed by atoms with Gasteiger partial charge in [-0.25, -0.2) is 13.2 Å². The van der Waals surface area contributed by atoms with E-state index in [4.69, 9.17) is 4.74 Å². The SMILES string of the molecule is CC.CCOc1cc(F)c(C2c3[nH]c4ccccc4c3CCN2CC(C)(C)F)c(F)c1. The number of aromatic nitrogens is 1. The summed E-state index contributed by atoms with van der Waals surface area (Å²) in [6.07, 6.45) is 0.687. The lowest BCUT2D eigenvalue weighted by Gasteiger charge is -2.38. The van der Waals surface area contributed by atoms with Crippen molar-refractivity contribution >= 4 is 10.9 Å². The van der Waals surface area contributed by atoms with Crippen LogP contribution in [-0.4, -0.2) is 35.2 Å². The van der Waals surface area contributed by atoms with Crippen LogP contribution in [0.15, 0.2) is 36.4 Å². The number of H-pyrrole nitrogens is 1. The molecule has 1 aliphatic heterocycles. The lowest BCUT2D eigenvalue weighted by atomic mass is 9.90. The second-order valence-corrected chi connectivity index (χ2v) is 8.14. The normalized spacial score (nSPS) is 16.6. The molecule has 0 bridgehead atoms. The van der Waals surface area contributed by atoms with E-state index in [0.29, 0.717) is 19.6 Å². The maximum absolute atomic E-state index is 15.1. The molecule has 0 saturated heterocycles. The fourth-order valence-electron chi connectivity index (χ4n) is 4.34. The van der Waals surface area contributed by atoms with Gasteiger partial charge in [-0.3, -0.25) is 4.90 Å². The first-order valence-corrected chi connectivity index (χ1v) is 10.9. The molecule has 3 aromatic rings. The Labute approximate surface area is 182 Å². The Morgan fingerprint density at radius 2 is 1.77 bits per heavy atom. The van der Waals surface area contributed by atoms with Gasteiger partial charge in [-0.1, -0.05) is 32.0 Å². The molecular formula is C25H31F3N2O. The van der Waals surface area contributed by atoms with Crippen LogP contribution >= 0.6 is 0 Å². The number of hydrogen-bond acceptors (Lipinski definition) is 2. The summed E-state index contributed by atoms with van der Waals surface area (Å²) in [5, 5.41) is 1.04. The van der Waals surface area contributed by atoms with E-state index < -0.39 is 23.3 Å². The molecule has 0 aliphatic carbocycles. The number of benzene rings is 2. The highest BCUT2D eigenvalue weighted by atomic mass is 19.1. The van der Waals surface area contributed by atoms with Crippen LogP contribution in [0.2, 0.25) is 0 Å². The molecule has 4 rings (SSSR count). The van der Waals surface area contributed by atoms with Gasteiger partial charge in [0, 0.05) is 47.4 Å². The second kappa shape index (κ2) is 9.35. The van der Waals surface area contributed by atoms with Crippen LogP contribution < -0.4 is 4.74 Å². The Morgan fingerprint density at radius 3 is 2.39 bits per heavy atom. The molecule has 1 aliphatic rings. The van der Waals surface area contributed by atoms with E-state index in [2.05, 4.69) is 4.98 Å². The maximum atomic E-state index is 15.1. The Kier molecular flexibility index (Phi) is 6.99. The molecule has 0 radical (unpaired) electrons. The van der Waals surface area contributed by atoms with Crippen molar-refractivity contribution in [3.63, 3.8) is 0 Å². The summed E-state index contributed by atoms with van der Waals surface area (Å²) < 4.78 is 50.1. The first-order valence-electron chi connectivity index (χ1n) is 10.9. The zero-order valence-corrected chi connectivity index (χ0v) is 18.9. The van der Waals surface area contributed by atoms with Gasteiger partial charge in [-0.2, -0.15) is 0 Å². The summed E-state index contributed by atoms with van der Waals surface area (Å²) >= 11 is 0. The molecule has 168 valence electrons. The largest absolute Gasteiger partial charge is 0.494 e. The van der Waals surface area contributed by atoms with E-state index in [9.17, 15) is 4.39 Å². The van der Waals surface area contributed by atoms with E-state index in [0.717, 1.165) is 22.2 Å². The molecule has 0 amide bonds. The highest BCUT2D eigenvalue weighted by molar-refractivity contribution is 5.85. The predicted octanol–water partition coefficient (Wildman–Crippen LogP) is 6.57. The molecule has 0 saturated carbocycles. The maximum Gasteiger partial charge on any atom is 0.135 e. The van der Waals surface area contributed by atoms with E-state index in [-0.39, 0.29) is 17.9 Å². The average Bonchev–Trinajstić information content (AvgIpc) is 3.08. The van der Waals surface area contributed by atoms with Crippen molar-refractivity contribution in [1.82, 2.24) is 9.88 Å². The first-order chi connectivity index (χ1) is 14.8. The number of ether oxygens (including phenoxy) is 1. The summed E-state index contributed by atoms with van der Waals surface area (Å²) in [5.74, 6) is -1.23. The highest BCUT2D eigenvalue weighted by Crippen LogP contribution is 2.41. The Balaban J connectivity index is 0.00000132. The van der Waals surface area contributed by atoms with Gasteiger partial charge in [0.15, 0.2) is 0 Å². The molecule has 2 heterocycles. The number of halogens is 3. The number of fused-ring (bicyclic) bond motifs is 3. The van der Waals surface area contributed by atoms with Crippen molar-refractivity contribution in [2.45, 2.75) is 52.8 Å². The molecule has 6 heteroatoms. The fourth-order valence-corrected chi connectivity index (χ4v) is 4.34. The number of rotatable bonds is 5. The van der Waals surface area contributed by atoms with Gasteiger partial charge in [0.2, 0.25) is 0 Å². The molecule has 0 spiro atoms. The van der Waals surface area contributed by atoms with Crippen LogP contribution in [0.5, 0.6) is 5.75 Å². The van der Waals surface area contributed by atoms with Crippen molar-refractivity contribution < 1.29 is 17.9 Å². The Bertz CT molecular complexity index is 1020. The monoisotopic (exact) mass is 432 g/mol. The third kappa shape index (κ3) is 4.74. The quantitative estimate of drug-likeness (QED) is 0.494. The number of alkyl halides is 1. The topological polar surface area (TPSA) is 28.3 Å². The number of nitrogens with zero attached hydrogens (tertiary/aromatic N) is 1. The van der Waals surface area contributed by atoms with Crippen molar-refractivity contribution in [2.24, 2.45) is 0 Å². The molecule has 1 atom stereocenters. The number of para-hydroxylation sites is 1. The van der Waals surface area contributed by atoms with E-state index in [1.165, 1.54) is 26.0 Å². The van der Waals surface area contributed by atoms with E-state index >= 15 is 8.78 Å². The Hall–Kier alpha value is -2.47. The second-order valence-electron chi connectivity index (χ2n) is 8.14. The molecule has 1 unspecified atom stereocenters. The lowest BCUT2D eigenvalue weighted by molar-refractivity contribution is 0.0962. The zero-order chi connectivity index (χ0) is 22.8. The summed E-state index contributed by atoms with van der Waals surface area (Å²) in [6.45, 7) is 9.62. The molecular weight excluding hydrogens is 401 g/mol. The molecule has 3 nitrogen and oxygen atoms in total. The Morgan fingerprint density at radius 1 is 1.13 bits per heavy atom. The third-order valence-corrected chi connectivity index (χ3v) is 5.35. The van der Waals surface area contributed by atoms with Crippen molar-refractivity contribution in [3.8, 4) is 5.75 Å². The predicted molar refractivity (Wildman–Crippen MR) is 119 cm³/mol. The van der Waals surface area contributed by atoms with Crippen molar-refractivity contribution in [3.05, 3.63) is 64.9 Å². The average molecular weight is 433 g/mol. The van der Waals surface area contributed by atoms with E-state index in [1.54, 1.807) is 6.92 Å². The third-order valence-electron chi connectivity index (χ3n) is 5.35. The number of nitrogens with one attached hydrogen (secondary N) is 1. The van der Waals surface area contributed by atoms with Crippen molar-refractivity contribution in [2.75, 3.05) is 19.7 Å². The van der Waals surface area contributed by atoms with Gasteiger partial charge in [0.05, 0.1) is 12.6 Å². The standard InChI is InChI=1S/C23H25F3N2O.C2H6/c1-4-29-14-11-17(24)20(18(25)12-14)22-21-16(9-10-28(22)13-23(2,3)26)15-7-5-6-8-19(15)27-21;1-2/h5-8,11-12,22,27H,4,9-10,13H2,1-3H3;1-2H3. The van der Waals surface area contributed by atoms with Crippen LogP contribution in [0.3, 0.4) is 0 Å². The molecule has 0 fully saturated rings. The van der Waals surface area contributed by atoms with Gasteiger partial charge in [0.1, 0.15) is 23.1 Å². The van der Waals surface area contributed by atoms with Crippen LogP contribution in [-0.2, 0) is 6.42 Å². The summed E-state index contributed by atoms with van der Waals surface area (Å²) in [5.41, 5.74) is 1.09. The van der Waals surface area contributed by atoms with Crippen LogP contribution in [0, 0.1) is 11.6 Å². The summed E-state index contributed by atoms with van der Waals surface area (Å²) in [6, 6.07) is 9.48. The lowest BCUT2D eigenvalue weighted by Crippen LogP contribution is -2.43. The molecule has 1 aromatic heterocycles. The minimum Gasteiger partial charge on any atom is -0.494 e. The number of hydrogen-bond donors (Lipinski definition) is 1. The van der Waals surface area contributed by atoms with Crippen LogP contribution in [0.25, 0.3) is 10.9 Å². The first kappa shape index (κ1) is 23.2. The van der Waals surface area contributed by atoms with Crippen molar-refractivity contribution in [1.29, 1.82) is 0 Å². The van der Waals surface area contributed by atoms with E-state index in [1.807, 2.05) is 43.0 Å². The number of aromatic amines is 1. The van der Waals surface area contributed by atoms with Gasteiger partial charge >= 0.3 is 0 Å². The molecule has 31 heavy (non-hydrogen) atoms. The highest BCUT2D eigenvalue weighted by Gasteiger charge is 2.37. The smallest absolute Gasteiger partial charge is 0.135 e. The summed E-state index contributed by atoms with van der Waals surface area (Å²) in [7, 11) is 0. The van der Waals surface area contributed by atoms with Gasteiger partial charge < -0.3 is 9.72 Å². The fraction of sp³-hybridized carbons (Fsp3) is 0.440. The zero-order valence-electron chi connectivity index (χ0n) is 18.9. The molecule has 2 aromatic carbocycles. The van der Waals surface area contributed by atoms with Gasteiger partial charge in [-0.15, -0.1) is 0 Å². The van der Waals surface area contributed by atoms with Gasteiger partial charge in [0.25, 0.3) is 0 Å².